The first-order chi connectivity index (χ1) is 12.0. The normalized spacial score (nSPS) is 10.5. The van der Waals surface area contributed by atoms with Gasteiger partial charge < -0.3 is 10.1 Å². The number of aryl methyl sites for hydroxylation is 1. The van der Waals surface area contributed by atoms with Crippen molar-refractivity contribution >= 4 is 33.9 Å². The number of aromatic nitrogens is 1. The van der Waals surface area contributed by atoms with Crippen molar-refractivity contribution in [1.29, 1.82) is 0 Å². The summed E-state index contributed by atoms with van der Waals surface area (Å²) in [6, 6.07) is 11.6. The first-order valence-electron chi connectivity index (χ1n) is 7.49. The number of nitrogens with one attached hydrogen (secondary N) is 1. The highest BCUT2D eigenvalue weighted by molar-refractivity contribution is 6.00. The molecule has 0 bridgehead atoms. The van der Waals surface area contributed by atoms with E-state index in [1.807, 2.05) is 0 Å². The van der Waals surface area contributed by atoms with Crippen LogP contribution >= 0.6 is 0 Å². The molecule has 7 heteroatoms. The molecule has 1 N–H and O–H groups in total. The molecule has 126 valence electrons. The molecule has 1 aromatic heterocycles. The predicted molar refractivity (Wildman–Crippen MR) is 94.2 cm³/mol. The van der Waals surface area contributed by atoms with Crippen molar-refractivity contribution in [1.82, 2.24) is 4.98 Å². The molecule has 0 aliphatic carbocycles. The van der Waals surface area contributed by atoms with Crippen molar-refractivity contribution < 1.29 is 14.5 Å². The lowest BCUT2D eigenvalue weighted by Crippen LogP contribution is -2.01. The number of fused-ring (bicyclic) bond motifs is 1. The van der Waals surface area contributed by atoms with Gasteiger partial charge in [-0.3, -0.25) is 10.1 Å². The van der Waals surface area contributed by atoms with Crippen LogP contribution in [0.5, 0.6) is 0 Å². The molecule has 0 spiro atoms. The van der Waals surface area contributed by atoms with Gasteiger partial charge in [0.05, 0.1) is 23.0 Å². The van der Waals surface area contributed by atoms with Crippen molar-refractivity contribution in [2.45, 2.75) is 6.92 Å². The van der Waals surface area contributed by atoms with Crippen LogP contribution < -0.4 is 5.32 Å². The van der Waals surface area contributed by atoms with Crippen LogP contribution in [-0.4, -0.2) is 23.0 Å². The average molecular weight is 337 g/mol. The summed E-state index contributed by atoms with van der Waals surface area (Å²) in [5, 5.41) is 15.6. The van der Waals surface area contributed by atoms with Crippen LogP contribution in [-0.2, 0) is 4.74 Å². The van der Waals surface area contributed by atoms with Crippen LogP contribution in [0, 0.1) is 17.0 Å². The smallest absolute Gasteiger partial charge is 0.337 e. The van der Waals surface area contributed by atoms with Gasteiger partial charge in [-0.2, -0.15) is 0 Å². The minimum atomic E-state index is -0.416. The molecule has 0 amide bonds. The van der Waals surface area contributed by atoms with Crippen molar-refractivity contribution in [2.24, 2.45) is 0 Å². The molecule has 0 saturated carbocycles. The predicted octanol–water partition coefficient (Wildman–Crippen LogP) is 3.98. The molecule has 7 nitrogen and oxygen atoms in total. The number of hydrogen-bond acceptors (Lipinski definition) is 6. The van der Waals surface area contributed by atoms with E-state index in [-0.39, 0.29) is 5.69 Å². The van der Waals surface area contributed by atoms with Gasteiger partial charge in [0, 0.05) is 23.3 Å². The number of hydrogen-bond donors (Lipinski definition) is 1. The Labute approximate surface area is 143 Å². The van der Waals surface area contributed by atoms with Gasteiger partial charge in [0.2, 0.25) is 0 Å². The highest BCUT2D eigenvalue weighted by Gasteiger charge is 2.16. The molecule has 0 atom stereocenters. The Morgan fingerprint density at radius 1 is 1.20 bits per heavy atom. The maximum Gasteiger partial charge on any atom is 0.337 e. The number of rotatable bonds is 4. The van der Waals surface area contributed by atoms with Gasteiger partial charge >= 0.3 is 5.97 Å². The Hall–Kier alpha value is -3.48. The van der Waals surface area contributed by atoms with Crippen molar-refractivity contribution in [3.05, 3.63) is 69.9 Å². The van der Waals surface area contributed by atoms with E-state index in [2.05, 4.69) is 15.0 Å². The molecule has 3 aromatic rings. The summed E-state index contributed by atoms with van der Waals surface area (Å²) in [5.74, 6) is 0.0937. The zero-order valence-corrected chi connectivity index (χ0v) is 13.6. The lowest BCUT2D eigenvalue weighted by molar-refractivity contribution is -0.383. The van der Waals surface area contributed by atoms with Crippen LogP contribution in [0.15, 0.2) is 48.7 Å². The minimum absolute atomic E-state index is 0.0430. The molecular weight excluding hydrogens is 322 g/mol. The van der Waals surface area contributed by atoms with E-state index in [9.17, 15) is 14.9 Å². The summed E-state index contributed by atoms with van der Waals surface area (Å²) in [7, 11) is 1.32. The van der Waals surface area contributed by atoms with Gasteiger partial charge in [0.1, 0.15) is 5.82 Å². The number of ether oxygens (including phenoxy) is 1. The number of benzene rings is 2. The topological polar surface area (TPSA) is 94.4 Å². The third-order valence-electron chi connectivity index (χ3n) is 3.84. The highest BCUT2D eigenvalue weighted by atomic mass is 16.6. The number of pyridine rings is 1. The fourth-order valence-electron chi connectivity index (χ4n) is 2.64. The van der Waals surface area contributed by atoms with E-state index in [1.54, 1.807) is 49.5 Å². The summed E-state index contributed by atoms with van der Waals surface area (Å²) in [4.78, 5) is 26.7. The van der Waals surface area contributed by atoms with Crippen molar-refractivity contribution in [3.8, 4) is 0 Å². The highest BCUT2D eigenvalue weighted by Crippen LogP contribution is 2.33. The van der Waals surface area contributed by atoms with Crippen LogP contribution in [0.2, 0.25) is 0 Å². The summed E-state index contributed by atoms with van der Waals surface area (Å²) in [6.45, 7) is 1.79. The third kappa shape index (κ3) is 3.12. The number of nitro benzene ring substituents is 1. The summed E-state index contributed by atoms with van der Waals surface area (Å²) >= 11 is 0. The zero-order valence-electron chi connectivity index (χ0n) is 13.6. The number of esters is 1. The molecular formula is C18H15N3O4. The second kappa shape index (κ2) is 6.56. The van der Waals surface area contributed by atoms with Crippen molar-refractivity contribution in [2.75, 3.05) is 12.4 Å². The van der Waals surface area contributed by atoms with Gasteiger partial charge in [0.15, 0.2) is 0 Å². The van der Waals surface area contributed by atoms with Gasteiger partial charge in [-0.15, -0.1) is 0 Å². The standard InChI is InChI=1S/C18H15N3O4/c1-11-10-19-17(14-4-3-5-15(16(11)14)21(23)24)20-13-8-6-12(7-9-13)18(22)25-2/h3-10H,1-2H3,(H,19,20). The number of carbonyl (C=O) groups is 1. The van der Waals surface area contributed by atoms with Crippen LogP contribution in [0.25, 0.3) is 10.8 Å². The number of nitrogens with zero attached hydrogens (tertiary/aromatic N) is 2. The zero-order chi connectivity index (χ0) is 18.0. The minimum Gasteiger partial charge on any atom is -0.465 e. The van der Waals surface area contributed by atoms with Crippen LogP contribution in [0.1, 0.15) is 15.9 Å². The van der Waals surface area contributed by atoms with Gasteiger partial charge in [0.25, 0.3) is 5.69 Å². The molecule has 0 aliphatic heterocycles. The summed E-state index contributed by atoms with van der Waals surface area (Å²) < 4.78 is 4.67. The molecule has 1 heterocycles. The molecule has 0 radical (unpaired) electrons. The van der Waals surface area contributed by atoms with E-state index in [0.29, 0.717) is 27.8 Å². The molecule has 3 rings (SSSR count). The number of methoxy groups -OCH3 is 1. The van der Waals surface area contributed by atoms with E-state index in [4.69, 9.17) is 0 Å². The van der Waals surface area contributed by atoms with Gasteiger partial charge in [-0.05, 0) is 36.8 Å². The van der Waals surface area contributed by atoms with Gasteiger partial charge in [-0.1, -0.05) is 12.1 Å². The summed E-state index contributed by atoms with van der Waals surface area (Å²) in [6.07, 6.45) is 1.60. The molecule has 0 fully saturated rings. The number of carbonyl (C=O) groups excluding carboxylic acids is 1. The second-order valence-corrected chi connectivity index (χ2v) is 5.44. The van der Waals surface area contributed by atoms with E-state index in [1.165, 1.54) is 13.2 Å². The Kier molecular flexibility index (Phi) is 4.30. The largest absolute Gasteiger partial charge is 0.465 e. The molecule has 2 aromatic carbocycles. The van der Waals surface area contributed by atoms with E-state index >= 15 is 0 Å². The first-order valence-corrected chi connectivity index (χ1v) is 7.49. The van der Waals surface area contributed by atoms with Crippen molar-refractivity contribution in [3.63, 3.8) is 0 Å². The number of non-ortho nitro benzene ring substituents is 1. The second-order valence-electron chi connectivity index (χ2n) is 5.44. The molecule has 0 saturated heterocycles. The number of anilines is 2. The maximum absolute atomic E-state index is 11.5. The monoisotopic (exact) mass is 337 g/mol. The third-order valence-corrected chi connectivity index (χ3v) is 3.84. The van der Waals surface area contributed by atoms with Gasteiger partial charge in [-0.25, -0.2) is 9.78 Å². The molecule has 0 unspecified atom stereocenters. The number of nitro groups is 1. The average Bonchev–Trinajstić information content (AvgIpc) is 2.63. The quantitative estimate of drug-likeness (QED) is 0.439. The Balaban J connectivity index is 2.02. The Morgan fingerprint density at radius 2 is 1.92 bits per heavy atom. The fraction of sp³-hybridized carbons (Fsp3) is 0.111. The first kappa shape index (κ1) is 16.4. The molecule has 0 aliphatic rings. The maximum atomic E-state index is 11.5. The Bertz CT molecular complexity index is 968. The summed E-state index contributed by atoms with van der Waals surface area (Å²) in [5.41, 5.74) is 1.91. The fourth-order valence-corrected chi connectivity index (χ4v) is 2.64. The van der Waals surface area contributed by atoms with Crippen LogP contribution in [0.4, 0.5) is 17.2 Å². The van der Waals surface area contributed by atoms with Crippen LogP contribution in [0.3, 0.4) is 0 Å². The Morgan fingerprint density at radius 3 is 2.56 bits per heavy atom. The lowest BCUT2D eigenvalue weighted by atomic mass is 10.1. The van der Waals surface area contributed by atoms with E-state index in [0.717, 1.165) is 5.56 Å². The molecule has 25 heavy (non-hydrogen) atoms. The van der Waals surface area contributed by atoms with E-state index < -0.39 is 10.9 Å². The SMILES string of the molecule is COC(=O)c1ccc(Nc2ncc(C)c3c([N+](=O)[O-])cccc23)cc1. The lowest BCUT2D eigenvalue weighted by Gasteiger charge is -2.11.